The van der Waals surface area contributed by atoms with Crippen molar-refractivity contribution in [2.45, 2.75) is 10.3 Å². The lowest BCUT2D eigenvalue weighted by Crippen LogP contribution is -2.57. The van der Waals surface area contributed by atoms with Crippen molar-refractivity contribution in [2.75, 3.05) is 26.2 Å². The lowest BCUT2D eigenvalue weighted by atomic mass is 10.2. The number of hydrogen-bond acceptors (Lipinski definition) is 6. The molecule has 2 heterocycles. The molecule has 0 radical (unpaired) electrons. The topological polar surface area (TPSA) is 117 Å². The minimum Gasteiger partial charge on any atom is -0.459 e. The number of sulfone groups is 1. The zero-order valence-electron chi connectivity index (χ0n) is 18.2. The highest BCUT2D eigenvalue weighted by Gasteiger charge is 2.40. The molecule has 2 aromatic carbocycles. The number of benzene rings is 2. The minimum atomic E-state index is -4.25. The van der Waals surface area contributed by atoms with E-state index < -0.39 is 27.0 Å². The predicted molar refractivity (Wildman–Crippen MR) is 123 cm³/mol. The fraction of sp³-hybridized carbons (Fsp3) is 0.208. The van der Waals surface area contributed by atoms with Gasteiger partial charge >= 0.3 is 0 Å². The number of hydrogen-bond donors (Lipinski definition) is 1. The molecule has 1 fully saturated rings. The van der Waals surface area contributed by atoms with E-state index in [0.717, 1.165) is 0 Å². The van der Waals surface area contributed by atoms with Crippen molar-refractivity contribution in [2.24, 2.45) is 0 Å². The fourth-order valence-corrected chi connectivity index (χ4v) is 5.16. The molecule has 0 saturated carbocycles. The number of carbonyl (C=O) groups is 3. The molecule has 0 bridgehead atoms. The van der Waals surface area contributed by atoms with Crippen LogP contribution < -0.4 is 5.32 Å². The Hall–Kier alpha value is -3.92. The molecule has 1 aliphatic rings. The Bertz CT molecular complexity index is 1250. The van der Waals surface area contributed by atoms with Gasteiger partial charge in [-0.3, -0.25) is 14.4 Å². The minimum absolute atomic E-state index is 0.0917. The standard InChI is InChI=1S/C24H23N3O6S/c28-21(20-12-7-17-33-20)25-22(34(31,32)19-10-5-2-6-11-19)24(30)27-15-13-26(14-16-27)23(29)18-8-3-1-4-9-18/h1-12,17,22H,13-16H2,(H,25,28). The number of furan rings is 1. The van der Waals surface area contributed by atoms with Gasteiger partial charge in [0.15, 0.2) is 5.76 Å². The average Bonchev–Trinajstić information content (AvgIpc) is 3.43. The quantitative estimate of drug-likeness (QED) is 0.574. The van der Waals surface area contributed by atoms with Crippen LogP contribution >= 0.6 is 0 Å². The normalized spacial score (nSPS) is 14.9. The summed E-state index contributed by atoms with van der Waals surface area (Å²) in [6.07, 6.45) is 1.28. The summed E-state index contributed by atoms with van der Waals surface area (Å²) in [4.78, 5) is 41.5. The van der Waals surface area contributed by atoms with E-state index in [1.54, 1.807) is 35.2 Å². The highest BCUT2D eigenvalue weighted by molar-refractivity contribution is 7.92. The summed E-state index contributed by atoms with van der Waals surface area (Å²) in [6, 6.07) is 19.1. The molecule has 1 saturated heterocycles. The molecule has 3 aromatic rings. The molecule has 1 aromatic heterocycles. The van der Waals surface area contributed by atoms with E-state index in [2.05, 4.69) is 5.32 Å². The van der Waals surface area contributed by atoms with E-state index in [4.69, 9.17) is 4.42 Å². The number of nitrogens with zero attached hydrogens (tertiary/aromatic N) is 2. The van der Waals surface area contributed by atoms with Gasteiger partial charge in [0, 0.05) is 31.7 Å². The lowest BCUT2D eigenvalue weighted by Gasteiger charge is -2.36. The molecule has 10 heteroatoms. The molecule has 1 atom stereocenters. The Morgan fingerprint density at radius 2 is 1.38 bits per heavy atom. The van der Waals surface area contributed by atoms with E-state index in [0.29, 0.717) is 5.56 Å². The zero-order valence-corrected chi connectivity index (χ0v) is 19.0. The van der Waals surface area contributed by atoms with Crippen LogP contribution in [0.2, 0.25) is 0 Å². The SMILES string of the molecule is O=C(NC(C(=O)N1CCN(C(=O)c2ccccc2)CC1)S(=O)(=O)c1ccccc1)c1ccco1. The van der Waals surface area contributed by atoms with Gasteiger partial charge in [-0.25, -0.2) is 8.42 Å². The summed E-state index contributed by atoms with van der Waals surface area (Å²) < 4.78 is 31.7. The summed E-state index contributed by atoms with van der Waals surface area (Å²) in [7, 11) is -4.25. The van der Waals surface area contributed by atoms with Gasteiger partial charge in [-0.1, -0.05) is 36.4 Å². The van der Waals surface area contributed by atoms with Crippen LogP contribution in [0.5, 0.6) is 0 Å². The molecule has 34 heavy (non-hydrogen) atoms. The lowest BCUT2D eigenvalue weighted by molar-refractivity contribution is -0.132. The first kappa shape index (κ1) is 23.2. The molecule has 4 rings (SSSR count). The Labute approximate surface area is 196 Å². The fourth-order valence-electron chi connectivity index (χ4n) is 3.68. The highest BCUT2D eigenvalue weighted by Crippen LogP contribution is 2.18. The summed E-state index contributed by atoms with van der Waals surface area (Å²) in [6.45, 7) is 0.747. The van der Waals surface area contributed by atoms with Crippen LogP contribution in [0.25, 0.3) is 0 Å². The maximum atomic E-state index is 13.4. The first-order valence-corrected chi connectivity index (χ1v) is 12.2. The maximum absolute atomic E-state index is 13.4. The van der Waals surface area contributed by atoms with E-state index in [1.165, 1.54) is 47.6 Å². The Kier molecular flexibility index (Phi) is 6.78. The Morgan fingerprint density at radius 3 is 1.97 bits per heavy atom. The second-order valence-corrected chi connectivity index (χ2v) is 9.71. The van der Waals surface area contributed by atoms with Crippen LogP contribution in [0.3, 0.4) is 0 Å². The molecule has 1 aliphatic heterocycles. The Morgan fingerprint density at radius 1 is 0.794 bits per heavy atom. The van der Waals surface area contributed by atoms with Gasteiger partial charge in [-0.15, -0.1) is 0 Å². The second kappa shape index (κ2) is 9.92. The third kappa shape index (κ3) is 4.86. The van der Waals surface area contributed by atoms with Crippen LogP contribution in [0, 0.1) is 0 Å². The van der Waals surface area contributed by atoms with Crippen molar-refractivity contribution < 1.29 is 27.2 Å². The van der Waals surface area contributed by atoms with Crippen LogP contribution in [-0.2, 0) is 14.6 Å². The summed E-state index contributed by atoms with van der Waals surface area (Å²) in [5.41, 5.74) is 0.539. The third-order valence-corrected chi connectivity index (χ3v) is 7.38. The molecule has 0 aliphatic carbocycles. The van der Waals surface area contributed by atoms with E-state index >= 15 is 0 Å². The van der Waals surface area contributed by atoms with E-state index in [-0.39, 0.29) is 42.7 Å². The number of nitrogens with one attached hydrogen (secondary N) is 1. The van der Waals surface area contributed by atoms with Crippen molar-refractivity contribution in [3.8, 4) is 0 Å². The largest absolute Gasteiger partial charge is 0.459 e. The van der Waals surface area contributed by atoms with Crippen molar-refractivity contribution in [1.29, 1.82) is 0 Å². The average molecular weight is 482 g/mol. The predicted octanol–water partition coefficient (Wildman–Crippen LogP) is 1.79. The van der Waals surface area contributed by atoms with Crippen LogP contribution in [-0.4, -0.2) is 67.5 Å². The first-order valence-electron chi connectivity index (χ1n) is 10.6. The molecular weight excluding hydrogens is 458 g/mol. The van der Waals surface area contributed by atoms with E-state index in [1.807, 2.05) is 6.07 Å². The molecule has 9 nitrogen and oxygen atoms in total. The number of piperazine rings is 1. The maximum Gasteiger partial charge on any atom is 0.288 e. The van der Waals surface area contributed by atoms with Crippen molar-refractivity contribution in [1.82, 2.24) is 15.1 Å². The van der Waals surface area contributed by atoms with Crippen LogP contribution in [0.4, 0.5) is 0 Å². The van der Waals surface area contributed by atoms with Crippen LogP contribution in [0.1, 0.15) is 20.9 Å². The van der Waals surface area contributed by atoms with Gasteiger partial charge in [-0.2, -0.15) is 0 Å². The van der Waals surface area contributed by atoms with Gasteiger partial charge in [0.25, 0.3) is 17.7 Å². The monoisotopic (exact) mass is 481 g/mol. The number of carbonyl (C=O) groups excluding carboxylic acids is 3. The van der Waals surface area contributed by atoms with Crippen LogP contribution in [0.15, 0.2) is 88.4 Å². The molecule has 0 spiro atoms. The Balaban J connectivity index is 1.53. The second-order valence-electron chi connectivity index (χ2n) is 7.67. The van der Waals surface area contributed by atoms with Gasteiger partial charge in [0.05, 0.1) is 11.2 Å². The smallest absolute Gasteiger partial charge is 0.288 e. The molecule has 1 N–H and O–H groups in total. The van der Waals surface area contributed by atoms with Crippen molar-refractivity contribution in [3.05, 3.63) is 90.4 Å². The first-order chi connectivity index (χ1) is 16.4. The van der Waals surface area contributed by atoms with Gasteiger partial charge in [-0.05, 0) is 36.4 Å². The molecular formula is C24H23N3O6S. The number of amides is 3. The molecule has 176 valence electrons. The van der Waals surface area contributed by atoms with Gasteiger partial charge in [0.2, 0.25) is 15.2 Å². The number of rotatable bonds is 6. The van der Waals surface area contributed by atoms with Crippen molar-refractivity contribution in [3.63, 3.8) is 0 Å². The summed E-state index contributed by atoms with van der Waals surface area (Å²) >= 11 is 0. The third-order valence-electron chi connectivity index (χ3n) is 5.51. The van der Waals surface area contributed by atoms with Gasteiger partial charge in [0.1, 0.15) is 0 Å². The van der Waals surface area contributed by atoms with Gasteiger partial charge < -0.3 is 19.5 Å². The zero-order chi connectivity index (χ0) is 24.1. The summed E-state index contributed by atoms with van der Waals surface area (Å²) in [5.74, 6) is -1.86. The molecule has 3 amide bonds. The van der Waals surface area contributed by atoms with Crippen molar-refractivity contribution >= 4 is 27.6 Å². The highest BCUT2D eigenvalue weighted by atomic mass is 32.2. The van der Waals surface area contributed by atoms with E-state index in [9.17, 15) is 22.8 Å². The summed E-state index contributed by atoms with van der Waals surface area (Å²) in [5, 5.41) is 0.479. The molecule has 1 unspecified atom stereocenters.